The van der Waals surface area contributed by atoms with E-state index in [0.717, 1.165) is 10.9 Å². The van der Waals surface area contributed by atoms with Crippen molar-refractivity contribution in [1.29, 1.82) is 0 Å². The van der Waals surface area contributed by atoms with E-state index in [-0.39, 0.29) is 5.82 Å². The molecular formula is C22H21FN2O4. The van der Waals surface area contributed by atoms with Crippen LogP contribution in [0.25, 0.3) is 10.9 Å². The molecule has 1 amide bonds. The first-order valence-electron chi connectivity index (χ1n) is 9.51. The molecular weight excluding hydrogens is 375 g/mol. The molecule has 1 aliphatic rings. The summed E-state index contributed by atoms with van der Waals surface area (Å²) >= 11 is 0. The molecule has 1 saturated heterocycles. The normalized spacial score (nSPS) is 14.2. The van der Waals surface area contributed by atoms with Crippen molar-refractivity contribution in [2.24, 2.45) is 0 Å². The van der Waals surface area contributed by atoms with E-state index < -0.39 is 11.7 Å². The number of nitrogens with zero attached hydrogens (tertiary/aromatic N) is 2. The number of carbonyl (C=O) groups is 2. The number of hydrogen-bond acceptors (Lipinski definition) is 4. The standard InChI is InChI=1S/C22H21FN2O4/c23-16-5-7-17(8-6-16)29-14-11-25-15-19(18-3-1-2-4-20(18)25)21(26)22(27)24-9-12-28-13-10-24/h1-8,15H,9-14H2. The van der Waals surface area contributed by atoms with E-state index in [1.54, 1.807) is 18.3 Å². The highest BCUT2D eigenvalue weighted by Crippen LogP contribution is 2.23. The number of hydrogen-bond donors (Lipinski definition) is 0. The number of halogens is 1. The van der Waals surface area contributed by atoms with Crippen LogP contribution < -0.4 is 4.74 Å². The summed E-state index contributed by atoms with van der Waals surface area (Å²) in [7, 11) is 0. The zero-order chi connectivity index (χ0) is 20.2. The third-order valence-corrected chi connectivity index (χ3v) is 4.94. The molecule has 0 spiro atoms. The highest BCUT2D eigenvalue weighted by atomic mass is 19.1. The van der Waals surface area contributed by atoms with Crippen molar-refractivity contribution in [3.8, 4) is 5.75 Å². The molecule has 0 radical (unpaired) electrons. The molecule has 0 bridgehead atoms. The Morgan fingerprint density at radius 1 is 1.03 bits per heavy atom. The van der Waals surface area contributed by atoms with E-state index in [1.807, 2.05) is 28.8 Å². The number of para-hydroxylation sites is 1. The molecule has 0 aliphatic carbocycles. The molecule has 0 atom stereocenters. The SMILES string of the molecule is O=C(C(=O)N1CCOCC1)c1cn(CCOc2ccc(F)cc2)c2ccccc12. The first-order chi connectivity index (χ1) is 14.1. The zero-order valence-corrected chi connectivity index (χ0v) is 15.8. The number of rotatable bonds is 6. The fourth-order valence-corrected chi connectivity index (χ4v) is 3.43. The molecule has 0 unspecified atom stereocenters. The van der Waals surface area contributed by atoms with E-state index in [1.165, 1.54) is 17.0 Å². The third kappa shape index (κ3) is 4.14. The van der Waals surface area contributed by atoms with Crippen LogP contribution in [0.2, 0.25) is 0 Å². The quantitative estimate of drug-likeness (QED) is 0.475. The summed E-state index contributed by atoms with van der Waals surface area (Å²) in [4.78, 5) is 27.1. The minimum atomic E-state index is -0.513. The molecule has 1 fully saturated rings. The molecule has 4 rings (SSSR count). The minimum absolute atomic E-state index is 0.318. The van der Waals surface area contributed by atoms with Gasteiger partial charge in [0.25, 0.3) is 11.7 Å². The summed E-state index contributed by atoms with van der Waals surface area (Å²) in [5.41, 5.74) is 1.24. The van der Waals surface area contributed by atoms with Crippen molar-refractivity contribution in [2.45, 2.75) is 6.54 Å². The molecule has 0 saturated carbocycles. The second kappa shape index (κ2) is 8.45. The van der Waals surface area contributed by atoms with Gasteiger partial charge in [0.2, 0.25) is 0 Å². The smallest absolute Gasteiger partial charge is 0.295 e. The third-order valence-electron chi connectivity index (χ3n) is 4.94. The fourth-order valence-electron chi connectivity index (χ4n) is 3.43. The van der Waals surface area contributed by atoms with Crippen LogP contribution in [0.5, 0.6) is 5.75 Å². The summed E-state index contributed by atoms with van der Waals surface area (Å²) in [5, 5.41) is 0.737. The van der Waals surface area contributed by atoms with Crippen molar-refractivity contribution < 1.29 is 23.5 Å². The summed E-state index contributed by atoms with van der Waals surface area (Å²) < 4.78 is 25.8. The van der Waals surface area contributed by atoms with E-state index in [0.29, 0.717) is 50.8 Å². The Kier molecular flexibility index (Phi) is 5.57. The van der Waals surface area contributed by atoms with Crippen LogP contribution in [0.3, 0.4) is 0 Å². The van der Waals surface area contributed by atoms with Gasteiger partial charge in [0.05, 0.1) is 25.3 Å². The molecule has 1 aromatic heterocycles. The zero-order valence-electron chi connectivity index (χ0n) is 15.8. The minimum Gasteiger partial charge on any atom is -0.492 e. The lowest BCUT2D eigenvalue weighted by atomic mass is 10.1. The second-order valence-electron chi connectivity index (χ2n) is 6.79. The van der Waals surface area contributed by atoms with Crippen molar-refractivity contribution in [2.75, 3.05) is 32.9 Å². The van der Waals surface area contributed by atoms with Crippen LogP contribution in [0.15, 0.2) is 54.7 Å². The number of carbonyl (C=O) groups excluding carboxylic acids is 2. The van der Waals surface area contributed by atoms with E-state index in [4.69, 9.17) is 9.47 Å². The Morgan fingerprint density at radius 2 is 1.76 bits per heavy atom. The molecule has 7 heteroatoms. The highest BCUT2D eigenvalue weighted by molar-refractivity contribution is 6.44. The maximum absolute atomic E-state index is 13.0. The molecule has 1 aliphatic heterocycles. The number of fused-ring (bicyclic) bond motifs is 1. The van der Waals surface area contributed by atoms with Gasteiger partial charge in [-0.1, -0.05) is 18.2 Å². The van der Waals surface area contributed by atoms with Gasteiger partial charge in [0.1, 0.15) is 18.2 Å². The molecule has 0 N–H and O–H groups in total. The van der Waals surface area contributed by atoms with E-state index >= 15 is 0 Å². The van der Waals surface area contributed by atoms with Crippen molar-refractivity contribution in [1.82, 2.24) is 9.47 Å². The van der Waals surface area contributed by atoms with Gasteiger partial charge in [-0.05, 0) is 30.3 Å². The lowest BCUT2D eigenvalue weighted by molar-refractivity contribution is -0.130. The van der Waals surface area contributed by atoms with Crippen LogP contribution in [0, 0.1) is 5.82 Å². The van der Waals surface area contributed by atoms with Crippen LogP contribution in [0.4, 0.5) is 4.39 Å². The van der Waals surface area contributed by atoms with Gasteiger partial charge >= 0.3 is 0 Å². The molecule has 6 nitrogen and oxygen atoms in total. The Labute approximate surface area is 167 Å². The Hall–Kier alpha value is -3.19. The largest absolute Gasteiger partial charge is 0.492 e. The monoisotopic (exact) mass is 396 g/mol. The average molecular weight is 396 g/mol. The number of morpholine rings is 1. The van der Waals surface area contributed by atoms with Gasteiger partial charge in [0.15, 0.2) is 0 Å². The van der Waals surface area contributed by atoms with Gasteiger partial charge in [-0.3, -0.25) is 9.59 Å². The molecule has 3 aromatic rings. The van der Waals surface area contributed by atoms with Crippen LogP contribution >= 0.6 is 0 Å². The summed E-state index contributed by atoms with van der Waals surface area (Å²) in [5.74, 6) is -0.761. The van der Waals surface area contributed by atoms with Crippen LogP contribution in [-0.2, 0) is 16.1 Å². The predicted molar refractivity (Wildman–Crippen MR) is 106 cm³/mol. The van der Waals surface area contributed by atoms with Gasteiger partial charge in [-0.25, -0.2) is 4.39 Å². The fraction of sp³-hybridized carbons (Fsp3) is 0.273. The maximum Gasteiger partial charge on any atom is 0.295 e. The number of ether oxygens (including phenoxy) is 2. The van der Waals surface area contributed by atoms with Crippen molar-refractivity contribution in [3.63, 3.8) is 0 Å². The second-order valence-corrected chi connectivity index (χ2v) is 6.79. The summed E-state index contributed by atoms with van der Waals surface area (Å²) in [6.07, 6.45) is 1.71. The summed E-state index contributed by atoms with van der Waals surface area (Å²) in [6.45, 7) is 2.57. The van der Waals surface area contributed by atoms with Gasteiger partial charge in [-0.15, -0.1) is 0 Å². The predicted octanol–water partition coefficient (Wildman–Crippen LogP) is 2.90. The van der Waals surface area contributed by atoms with Gasteiger partial charge < -0.3 is 18.9 Å². The van der Waals surface area contributed by atoms with Crippen molar-refractivity contribution in [3.05, 3.63) is 66.1 Å². The molecule has 29 heavy (non-hydrogen) atoms. The number of ketones is 1. The first kappa shape index (κ1) is 19.1. The van der Waals surface area contributed by atoms with E-state index in [9.17, 15) is 14.0 Å². The number of Topliss-reactive ketones (excluding diaryl/α,β-unsaturated/α-hetero) is 1. The Morgan fingerprint density at radius 3 is 2.52 bits per heavy atom. The topological polar surface area (TPSA) is 60.8 Å². The number of aromatic nitrogens is 1. The Balaban J connectivity index is 1.52. The molecule has 2 aromatic carbocycles. The molecule has 2 heterocycles. The lowest BCUT2D eigenvalue weighted by Gasteiger charge is -2.25. The van der Waals surface area contributed by atoms with Crippen molar-refractivity contribution >= 4 is 22.6 Å². The highest BCUT2D eigenvalue weighted by Gasteiger charge is 2.27. The lowest BCUT2D eigenvalue weighted by Crippen LogP contribution is -2.44. The molecule has 150 valence electrons. The van der Waals surface area contributed by atoms with Gasteiger partial charge in [0, 0.05) is 30.2 Å². The number of benzene rings is 2. The van der Waals surface area contributed by atoms with E-state index in [2.05, 4.69) is 0 Å². The first-order valence-corrected chi connectivity index (χ1v) is 9.51. The van der Waals surface area contributed by atoms with Gasteiger partial charge in [-0.2, -0.15) is 0 Å². The maximum atomic E-state index is 13.0. The van der Waals surface area contributed by atoms with Crippen LogP contribution in [0.1, 0.15) is 10.4 Å². The average Bonchev–Trinajstić information content (AvgIpc) is 3.13. The van der Waals surface area contributed by atoms with Crippen LogP contribution in [-0.4, -0.2) is 54.1 Å². The Bertz CT molecular complexity index is 1020. The number of amides is 1. The summed E-state index contributed by atoms with van der Waals surface area (Å²) in [6, 6.07) is 13.3.